The summed E-state index contributed by atoms with van der Waals surface area (Å²) in [5.41, 5.74) is 0.714. The largest absolute Gasteiger partial charge is 0.506 e. The van der Waals surface area contributed by atoms with E-state index < -0.39 is 22.0 Å². The fourth-order valence-corrected chi connectivity index (χ4v) is 4.67. The zero-order chi connectivity index (χ0) is 21.7. The van der Waals surface area contributed by atoms with Crippen LogP contribution in [0.2, 0.25) is 0 Å². The molecule has 3 aromatic rings. The second kappa shape index (κ2) is 9.10. The molecule has 0 saturated heterocycles. The van der Waals surface area contributed by atoms with Gasteiger partial charge in [-0.25, -0.2) is 8.42 Å². The summed E-state index contributed by atoms with van der Waals surface area (Å²) in [6, 6.07) is 13.8. The lowest BCUT2D eigenvalue weighted by molar-refractivity contribution is -0.118. The van der Waals surface area contributed by atoms with E-state index in [9.17, 15) is 18.3 Å². The van der Waals surface area contributed by atoms with Crippen molar-refractivity contribution in [1.82, 2.24) is 14.1 Å². The second-order valence-corrected chi connectivity index (χ2v) is 8.49. The van der Waals surface area contributed by atoms with E-state index in [1.165, 1.54) is 27.2 Å². The minimum atomic E-state index is -3.74. The summed E-state index contributed by atoms with van der Waals surface area (Å²) in [4.78, 5) is 13.1. The van der Waals surface area contributed by atoms with Gasteiger partial charge in [-0.15, -0.1) is 0 Å². The molecule has 1 heterocycles. The topological polar surface area (TPSA) is 105 Å². The normalized spacial score (nSPS) is 12.6. The smallest absolute Gasteiger partial charge is 0.253 e. The highest BCUT2D eigenvalue weighted by molar-refractivity contribution is 7.89. The van der Waals surface area contributed by atoms with Gasteiger partial charge in [-0.1, -0.05) is 44.2 Å². The van der Waals surface area contributed by atoms with Crippen LogP contribution in [0.25, 0.3) is 0 Å². The Morgan fingerprint density at radius 1 is 1.13 bits per heavy atom. The molecular weight excluding hydrogens is 404 g/mol. The van der Waals surface area contributed by atoms with Gasteiger partial charge in [0.05, 0.1) is 10.6 Å². The van der Waals surface area contributed by atoms with Crippen molar-refractivity contribution in [2.24, 2.45) is 0 Å². The number of hydrogen-bond acceptors (Lipinski definition) is 5. The number of phenols is 1. The number of anilines is 1. The number of sulfonamides is 1. The molecule has 30 heavy (non-hydrogen) atoms. The lowest BCUT2D eigenvalue weighted by atomic mass is 10.1. The Bertz CT molecular complexity index is 1100. The monoisotopic (exact) mass is 428 g/mol. The molecule has 0 saturated carbocycles. The molecule has 1 amide bonds. The fraction of sp³-hybridized carbons (Fsp3) is 0.238. The predicted octanol–water partition coefficient (Wildman–Crippen LogP) is 2.85. The van der Waals surface area contributed by atoms with Crippen molar-refractivity contribution in [3.05, 3.63) is 72.6 Å². The van der Waals surface area contributed by atoms with Gasteiger partial charge in [0.25, 0.3) is 5.91 Å². The third-order valence-corrected chi connectivity index (χ3v) is 6.77. The number of benzene rings is 2. The lowest BCUT2D eigenvalue weighted by Crippen LogP contribution is -2.31. The first-order valence-electron chi connectivity index (χ1n) is 9.56. The molecule has 0 spiro atoms. The van der Waals surface area contributed by atoms with Gasteiger partial charge >= 0.3 is 0 Å². The van der Waals surface area contributed by atoms with Gasteiger partial charge in [0, 0.05) is 25.5 Å². The molecule has 1 unspecified atom stereocenters. The quantitative estimate of drug-likeness (QED) is 0.537. The minimum absolute atomic E-state index is 0.00495. The number of hydrogen-bond donors (Lipinski definition) is 2. The van der Waals surface area contributed by atoms with Crippen LogP contribution in [0.15, 0.2) is 71.9 Å². The molecular formula is C21H24N4O4S. The van der Waals surface area contributed by atoms with Crippen LogP contribution in [-0.4, -0.2) is 46.6 Å². The van der Waals surface area contributed by atoms with Crippen LogP contribution < -0.4 is 5.32 Å². The number of carbonyl (C=O) groups excluding carboxylic acids is 1. The number of aromatic hydroxyl groups is 1. The average Bonchev–Trinajstić information content (AvgIpc) is 3.25. The molecule has 0 bridgehead atoms. The molecule has 0 aliphatic carbocycles. The van der Waals surface area contributed by atoms with Gasteiger partial charge < -0.3 is 10.4 Å². The van der Waals surface area contributed by atoms with Gasteiger partial charge in [-0.05, 0) is 29.8 Å². The van der Waals surface area contributed by atoms with Crippen LogP contribution in [0.3, 0.4) is 0 Å². The fourth-order valence-electron chi connectivity index (χ4n) is 3.18. The molecule has 1 aromatic heterocycles. The first-order chi connectivity index (χ1) is 14.4. The maximum Gasteiger partial charge on any atom is 0.253 e. The summed E-state index contributed by atoms with van der Waals surface area (Å²) in [7, 11) is -3.74. The summed E-state index contributed by atoms with van der Waals surface area (Å²) < 4.78 is 28.4. The highest BCUT2D eigenvalue weighted by Gasteiger charge is 2.26. The number of phenolic OH excluding ortho intramolecular Hbond substituents is 1. The number of carbonyl (C=O) groups is 1. The van der Waals surface area contributed by atoms with E-state index in [0.717, 1.165) is 0 Å². The molecule has 0 fully saturated rings. The van der Waals surface area contributed by atoms with Crippen molar-refractivity contribution in [2.45, 2.75) is 24.8 Å². The zero-order valence-corrected chi connectivity index (χ0v) is 17.6. The number of amides is 1. The number of nitrogens with zero attached hydrogens (tertiary/aromatic N) is 3. The van der Waals surface area contributed by atoms with E-state index in [0.29, 0.717) is 18.7 Å². The molecule has 2 N–H and O–H groups in total. The molecule has 8 nitrogen and oxygen atoms in total. The molecule has 0 aliphatic rings. The van der Waals surface area contributed by atoms with Crippen LogP contribution in [-0.2, 0) is 14.8 Å². The number of rotatable bonds is 8. The third kappa shape index (κ3) is 4.37. The summed E-state index contributed by atoms with van der Waals surface area (Å²) in [5, 5.41) is 17.1. The average molecular weight is 429 g/mol. The van der Waals surface area contributed by atoms with Gasteiger partial charge in [0.1, 0.15) is 5.75 Å². The van der Waals surface area contributed by atoms with Crippen molar-refractivity contribution >= 4 is 21.6 Å². The summed E-state index contributed by atoms with van der Waals surface area (Å²) in [6.07, 6.45) is 3.23. The Morgan fingerprint density at radius 2 is 1.83 bits per heavy atom. The van der Waals surface area contributed by atoms with Crippen molar-refractivity contribution in [3.8, 4) is 5.75 Å². The maximum atomic E-state index is 13.1. The Balaban J connectivity index is 1.96. The highest BCUT2D eigenvalue weighted by atomic mass is 32.2. The van der Waals surface area contributed by atoms with E-state index in [1.54, 1.807) is 44.4 Å². The van der Waals surface area contributed by atoms with E-state index in [4.69, 9.17) is 0 Å². The van der Waals surface area contributed by atoms with Crippen molar-refractivity contribution in [1.29, 1.82) is 0 Å². The van der Waals surface area contributed by atoms with Gasteiger partial charge in [0.2, 0.25) is 10.0 Å². The number of nitrogens with one attached hydrogen (secondary N) is 1. The maximum absolute atomic E-state index is 13.1. The van der Waals surface area contributed by atoms with Crippen molar-refractivity contribution < 1.29 is 18.3 Å². The molecule has 158 valence electrons. The van der Waals surface area contributed by atoms with E-state index >= 15 is 0 Å². The standard InChI is InChI=1S/C21H24N4O4S/c1-3-24(4-2)30(28,29)17-11-12-19(26)18(15-17)23-21(27)20(25-14-8-13-22-25)16-9-6-5-7-10-16/h5-15,20,26H,3-4H2,1-2H3,(H,23,27). The SMILES string of the molecule is CCN(CC)S(=O)(=O)c1ccc(O)c(NC(=O)C(c2ccccc2)n2cccn2)c1. The summed E-state index contributed by atoms with van der Waals surface area (Å²) in [5.74, 6) is -0.688. The highest BCUT2D eigenvalue weighted by Crippen LogP contribution is 2.29. The second-order valence-electron chi connectivity index (χ2n) is 6.56. The molecule has 3 rings (SSSR count). The van der Waals surface area contributed by atoms with Crippen LogP contribution >= 0.6 is 0 Å². The lowest BCUT2D eigenvalue weighted by Gasteiger charge is -2.20. The molecule has 0 radical (unpaired) electrons. The van der Waals surface area contributed by atoms with Gasteiger partial charge in [-0.3, -0.25) is 9.48 Å². The van der Waals surface area contributed by atoms with Gasteiger partial charge in [0.15, 0.2) is 6.04 Å². The van der Waals surface area contributed by atoms with Crippen LogP contribution in [0.5, 0.6) is 5.75 Å². The summed E-state index contributed by atoms with van der Waals surface area (Å²) in [6.45, 7) is 4.13. The number of aromatic nitrogens is 2. The predicted molar refractivity (Wildman–Crippen MR) is 114 cm³/mol. The minimum Gasteiger partial charge on any atom is -0.506 e. The Kier molecular flexibility index (Phi) is 6.53. The molecule has 2 aromatic carbocycles. The molecule has 9 heteroatoms. The molecule has 0 aliphatic heterocycles. The van der Waals surface area contributed by atoms with Crippen LogP contribution in [0, 0.1) is 0 Å². The third-order valence-electron chi connectivity index (χ3n) is 4.72. The molecule has 1 atom stereocenters. The summed E-state index contributed by atoms with van der Waals surface area (Å²) >= 11 is 0. The Hall–Kier alpha value is -3.17. The first kappa shape index (κ1) is 21.5. The van der Waals surface area contributed by atoms with E-state index in [-0.39, 0.29) is 16.3 Å². The first-order valence-corrected chi connectivity index (χ1v) is 11.0. The van der Waals surface area contributed by atoms with E-state index in [1.807, 2.05) is 18.2 Å². The Morgan fingerprint density at radius 3 is 2.43 bits per heavy atom. The zero-order valence-electron chi connectivity index (χ0n) is 16.8. The Labute approximate surface area is 175 Å². The van der Waals surface area contributed by atoms with Crippen LogP contribution in [0.1, 0.15) is 25.5 Å². The van der Waals surface area contributed by atoms with Crippen molar-refractivity contribution in [2.75, 3.05) is 18.4 Å². The van der Waals surface area contributed by atoms with Crippen LogP contribution in [0.4, 0.5) is 5.69 Å². The van der Waals surface area contributed by atoms with E-state index in [2.05, 4.69) is 10.4 Å². The van der Waals surface area contributed by atoms with Crippen molar-refractivity contribution in [3.63, 3.8) is 0 Å². The van der Waals surface area contributed by atoms with Gasteiger partial charge in [-0.2, -0.15) is 9.40 Å².